The van der Waals surface area contributed by atoms with Crippen LogP contribution >= 0.6 is 0 Å². The van der Waals surface area contributed by atoms with Crippen molar-refractivity contribution in [3.8, 4) is 5.88 Å². The molecule has 2 unspecified atom stereocenters. The van der Waals surface area contributed by atoms with E-state index in [1.54, 1.807) is 19.1 Å². The van der Waals surface area contributed by atoms with Gasteiger partial charge in [-0.2, -0.15) is 0 Å². The van der Waals surface area contributed by atoms with Gasteiger partial charge in [-0.05, 0) is 56.4 Å². The van der Waals surface area contributed by atoms with Crippen LogP contribution in [0.3, 0.4) is 0 Å². The number of H-pyrrole nitrogens is 1. The maximum absolute atomic E-state index is 13.5. The molecule has 0 bridgehead atoms. The second-order valence-corrected chi connectivity index (χ2v) is 10.2. The maximum atomic E-state index is 13.5. The van der Waals surface area contributed by atoms with Gasteiger partial charge in [-0.1, -0.05) is 6.92 Å². The molecule has 5 rings (SSSR count). The molecule has 2 atom stereocenters. The summed E-state index contributed by atoms with van der Waals surface area (Å²) in [7, 11) is 2.79. The Morgan fingerprint density at radius 3 is 2.50 bits per heavy atom. The van der Waals surface area contributed by atoms with E-state index in [4.69, 9.17) is 0 Å². The highest BCUT2D eigenvalue weighted by molar-refractivity contribution is 6.20. The number of rotatable bonds is 4. The van der Waals surface area contributed by atoms with Gasteiger partial charge in [0.2, 0.25) is 17.7 Å². The minimum Gasteiger partial charge on any atom is -0.494 e. The number of nitrogens with one attached hydrogen (secondary N) is 1. The molecule has 1 aromatic carbocycles. The van der Waals surface area contributed by atoms with Crippen molar-refractivity contribution in [2.24, 2.45) is 10.4 Å². The Hall–Kier alpha value is -4.22. The zero-order valence-corrected chi connectivity index (χ0v) is 21.7. The van der Waals surface area contributed by atoms with Crippen LogP contribution in [0.4, 0.5) is 16.2 Å². The third-order valence-electron chi connectivity index (χ3n) is 8.14. The van der Waals surface area contributed by atoms with E-state index in [1.165, 1.54) is 20.3 Å². The number of hydrogen-bond acceptors (Lipinski definition) is 8. The lowest BCUT2D eigenvalue weighted by Crippen LogP contribution is -2.70. The van der Waals surface area contributed by atoms with Crippen LogP contribution < -0.4 is 16.1 Å². The molecule has 4 heterocycles. The van der Waals surface area contributed by atoms with Gasteiger partial charge in [0.05, 0.1) is 11.7 Å². The van der Waals surface area contributed by atoms with Gasteiger partial charge in [-0.3, -0.25) is 38.7 Å². The summed E-state index contributed by atoms with van der Waals surface area (Å²) in [5, 5.41) is 10.7. The molecule has 12 heteroatoms. The standard InChI is InChI=1S/C26H30N6O6/c1-5-14(2)32-21(34)17(20(33)28-24(32)37)13-27-16-8-9-18-15(11-16)12-26(19-7-6-10-31(18)19)22(35)29(3)25(38)30(4)23(26)36/h8-9,11,13-14,19,34H,5-7,10,12H2,1-4H3,(H,28,33,37). The monoisotopic (exact) mass is 522 g/mol. The number of hydrogen-bond donors (Lipinski definition) is 2. The maximum Gasteiger partial charge on any atom is 0.332 e. The summed E-state index contributed by atoms with van der Waals surface area (Å²) in [4.78, 5) is 74.9. The second-order valence-electron chi connectivity index (χ2n) is 10.2. The summed E-state index contributed by atoms with van der Waals surface area (Å²) in [5.74, 6) is -1.49. The second kappa shape index (κ2) is 8.96. The van der Waals surface area contributed by atoms with Crippen LogP contribution in [-0.4, -0.2) is 75.2 Å². The normalized spacial score (nSPS) is 21.4. The molecule has 200 valence electrons. The lowest BCUT2D eigenvalue weighted by molar-refractivity contribution is -0.159. The molecule has 38 heavy (non-hydrogen) atoms. The lowest BCUT2D eigenvalue weighted by Gasteiger charge is -2.50. The number of barbiturate groups is 1. The fraction of sp³-hybridized carbons (Fsp3) is 0.462. The summed E-state index contributed by atoms with van der Waals surface area (Å²) in [6.07, 6.45) is 3.33. The Morgan fingerprint density at radius 1 is 1.16 bits per heavy atom. The van der Waals surface area contributed by atoms with Crippen LogP contribution in [0.1, 0.15) is 50.3 Å². The Kier molecular flexibility index (Phi) is 6.00. The molecule has 4 amide bonds. The molecule has 12 nitrogen and oxygen atoms in total. The first-order valence-electron chi connectivity index (χ1n) is 12.6. The van der Waals surface area contributed by atoms with Gasteiger partial charge in [-0.25, -0.2) is 9.59 Å². The fourth-order valence-electron chi connectivity index (χ4n) is 5.98. The number of imide groups is 2. The molecule has 3 aliphatic rings. The Labute approximate surface area is 218 Å². The third-order valence-corrected chi connectivity index (χ3v) is 8.14. The largest absolute Gasteiger partial charge is 0.494 e. The summed E-state index contributed by atoms with van der Waals surface area (Å²) < 4.78 is 1.11. The van der Waals surface area contributed by atoms with Gasteiger partial charge >= 0.3 is 11.7 Å². The van der Waals surface area contributed by atoms with Gasteiger partial charge in [0, 0.05) is 38.6 Å². The molecule has 2 saturated heterocycles. The average Bonchev–Trinajstić information content (AvgIpc) is 3.40. The lowest BCUT2D eigenvalue weighted by atomic mass is 9.68. The summed E-state index contributed by atoms with van der Waals surface area (Å²) in [6.45, 7) is 4.28. The van der Waals surface area contributed by atoms with Crippen LogP contribution in [0.25, 0.3) is 0 Å². The Morgan fingerprint density at radius 2 is 1.84 bits per heavy atom. The molecule has 2 N–H and O–H groups in total. The molecule has 1 spiro atoms. The molecule has 0 aliphatic carbocycles. The minimum absolute atomic E-state index is 0.108. The van der Waals surface area contributed by atoms with Gasteiger partial charge in [0.25, 0.3) is 5.56 Å². The van der Waals surface area contributed by atoms with Gasteiger partial charge in [0.15, 0.2) is 5.41 Å². The number of nitrogens with zero attached hydrogens (tertiary/aromatic N) is 5. The fourth-order valence-corrected chi connectivity index (χ4v) is 5.98. The number of amides is 4. The van der Waals surface area contributed by atoms with E-state index >= 15 is 0 Å². The molecule has 0 saturated carbocycles. The quantitative estimate of drug-likeness (QED) is 0.457. The molecule has 1 aromatic heterocycles. The van der Waals surface area contributed by atoms with Crippen LogP contribution in [0.2, 0.25) is 0 Å². The number of carbonyl (C=O) groups is 3. The number of aliphatic imine (C=N–C) groups is 1. The predicted octanol–water partition coefficient (Wildman–Crippen LogP) is 1.53. The first kappa shape index (κ1) is 25.4. The number of aromatic amines is 1. The highest BCUT2D eigenvalue weighted by Gasteiger charge is 2.63. The van der Waals surface area contributed by atoms with E-state index in [2.05, 4.69) is 14.9 Å². The van der Waals surface area contributed by atoms with E-state index in [0.717, 1.165) is 32.0 Å². The minimum atomic E-state index is -1.43. The van der Waals surface area contributed by atoms with Crippen LogP contribution in [-0.2, 0) is 16.0 Å². The predicted molar refractivity (Wildman–Crippen MR) is 139 cm³/mol. The topological polar surface area (TPSA) is 148 Å². The molecule has 3 aliphatic heterocycles. The first-order valence-corrected chi connectivity index (χ1v) is 12.6. The van der Waals surface area contributed by atoms with Crippen molar-refractivity contribution < 1.29 is 19.5 Å². The van der Waals surface area contributed by atoms with Crippen LogP contribution in [0.15, 0.2) is 32.8 Å². The molecule has 0 radical (unpaired) electrons. The average molecular weight is 523 g/mol. The van der Waals surface area contributed by atoms with Gasteiger partial charge in [-0.15, -0.1) is 0 Å². The number of fused-ring (bicyclic) bond motifs is 4. The van der Waals surface area contributed by atoms with Crippen molar-refractivity contribution in [3.05, 3.63) is 50.2 Å². The summed E-state index contributed by atoms with van der Waals surface area (Å²) >= 11 is 0. The third kappa shape index (κ3) is 3.50. The number of benzene rings is 1. The van der Waals surface area contributed by atoms with Crippen molar-refractivity contribution >= 4 is 35.4 Å². The zero-order chi connectivity index (χ0) is 27.5. The van der Waals surface area contributed by atoms with Gasteiger partial charge < -0.3 is 10.0 Å². The molecule has 2 fully saturated rings. The highest BCUT2D eigenvalue weighted by atomic mass is 16.3. The summed E-state index contributed by atoms with van der Waals surface area (Å²) in [6, 6.07) is 4.02. The van der Waals surface area contributed by atoms with Crippen molar-refractivity contribution in [2.45, 2.75) is 51.6 Å². The van der Waals surface area contributed by atoms with E-state index in [0.29, 0.717) is 25.1 Å². The van der Waals surface area contributed by atoms with Crippen LogP contribution in [0.5, 0.6) is 5.88 Å². The molecular formula is C26H30N6O6. The van der Waals surface area contributed by atoms with E-state index in [9.17, 15) is 29.1 Å². The SMILES string of the molecule is CCC(C)n1c(O)c(C=Nc2ccc3c(c2)CC2(C(=O)N(C)C(=O)N(C)C2=O)C2CCCN32)c(=O)[nH]c1=O. The smallest absolute Gasteiger partial charge is 0.332 e. The number of carbonyl (C=O) groups excluding carboxylic acids is 3. The number of aromatic hydroxyl groups is 1. The summed E-state index contributed by atoms with van der Waals surface area (Å²) in [5.41, 5.74) is -0.993. The van der Waals surface area contributed by atoms with Gasteiger partial charge in [0.1, 0.15) is 5.56 Å². The van der Waals surface area contributed by atoms with E-state index < -0.39 is 40.4 Å². The van der Waals surface area contributed by atoms with Crippen LogP contribution in [0, 0.1) is 5.41 Å². The van der Waals surface area contributed by atoms with Crippen molar-refractivity contribution in [2.75, 3.05) is 25.5 Å². The van der Waals surface area contributed by atoms with Crippen molar-refractivity contribution in [1.82, 2.24) is 19.4 Å². The Balaban J connectivity index is 1.57. The van der Waals surface area contributed by atoms with E-state index in [1.807, 2.05) is 13.0 Å². The molecule has 2 aromatic rings. The van der Waals surface area contributed by atoms with E-state index in [-0.39, 0.29) is 24.1 Å². The zero-order valence-electron chi connectivity index (χ0n) is 21.7. The highest BCUT2D eigenvalue weighted by Crippen LogP contribution is 2.49. The number of anilines is 1. The van der Waals surface area contributed by atoms with Crippen molar-refractivity contribution in [3.63, 3.8) is 0 Å². The first-order chi connectivity index (χ1) is 18.0. The van der Waals surface area contributed by atoms with Crippen molar-refractivity contribution in [1.29, 1.82) is 0 Å². The Bertz CT molecular complexity index is 1480. The number of aromatic nitrogens is 2. The number of urea groups is 1. The molecular weight excluding hydrogens is 492 g/mol.